The lowest BCUT2D eigenvalue weighted by molar-refractivity contribution is 0.0141. The summed E-state index contributed by atoms with van der Waals surface area (Å²) >= 11 is 17.4. The van der Waals surface area contributed by atoms with E-state index in [-0.39, 0.29) is 17.7 Å². The molecule has 0 aliphatic carbocycles. The Balaban J connectivity index is 1.33. The molecule has 3 aromatic carbocycles. The number of ether oxygens (including phenoxy) is 1. The van der Waals surface area contributed by atoms with Crippen molar-refractivity contribution >= 4 is 79.8 Å². The predicted molar refractivity (Wildman–Crippen MR) is 176 cm³/mol. The predicted octanol–water partition coefficient (Wildman–Crippen LogP) is 8.30. The molecule has 230 valence electrons. The number of carbonyl (C=O) groups excluding carboxylic acids is 2. The molecule has 0 radical (unpaired) electrons. The Hall–Kier alpha value is -3.18. The van der Waals surface area contributed by atoms with Crippen LogP contribution in [0.3, 0.4) is 0 Å². The van der Waals surface area contributed by atoms with Gasteiger partial charge in [0, 0.05) is 57.9 Å². The van der Waals surface area contributed by atoms with Gasteiger partial charge in [0.05, 0.1) is 15.6 Å². The lowest BCUT2D eigenvalue weighted by atomic mass is 10.1. The summed E-state index contributed by atoms with van der Waals surface area (Å²) < 4.78 is 7.97. The van der Waals surface area contributed by atoms with E-state index in [1.165, 1.54) is 11.8 Å². The van der Waals surface area contributed by atoms with Crippen molar-refractivity contribution in [1.29, 1.82) is 0 Å². The summed E-state index contributed by atoms with van der Waals surface area (Å²) in [6.07, 6.45) is -0.376. The van der Waals surface area contributed by atoms with E-state index in [0.717, 1.165) is 30.7 Å². The molecule has 1 N–H and O–H groups in total. The SMILES string of the molecule is CC(C)(C)OC(=O)N1CCN(C(=O)c2ccc(Cn3c(C(=O)O)cc4c(Br)cc(Sc5ccc(Cl)c(Cl)c5)cc43)cc2)CC1. The number of carbonyl (C=O) groups is 3. The Kier molecular flexibility index (Phi) is 9.55. The average Bonchev–Trinajstić information content (AvgIpc) is 3.33. The number of benzene rings is 3. The number of nitrogens with zero attached hydrogens (tertiary/aromatic N) is 3. The smallest absolute Gasteiger partial charge is 0.410 e. The largest absolute Gasteiger partial charge is 0.477 e. The van der Waals surface area contributed by atoms with Crippen molar-refractivity contribution in [2.24, 2.45) is 0 Å². The molecule has 0 unspecified atom stereocenters. The molecule has 1 aliphatic heterocycles. The standard InChI is InChI=1S/C32H30BrCl2N3O5S/c1-32(2,3)43-31(42)37-12-10-36(11-13-37)29(39)20-6-4-19(5-7-20)18-38-27-16-22(44-21-8-9-25(34)26(35)15-21)14-24(33)23(27)17-28(38)30(40)41/h4-9,14-17H,10-13,18H2,1-3H3,(H,40,41). The molecule has 1 fully saturated rings. The van der Waals surface area contributed by atoms with Gasteiger partial charge < -0.3 is 24.2 Å². The van der Waals surface area contributed by atoms with Gasteiger partial charge in [0.15, 0.2) is 0 Å². The average molecular weight is 719 g/mol. The van der Waals surface area contributed by atoms with Crippen molar-refractivity contribution in [2.75, 3.05) is 26.2 Å². The molecule has 1 saturated heterocycles. The van der Waals surface area contributed by atoms with Gasteiger partial charge >= 0.3 is 12.1 Å². The number of fused-ring (bicyclic) bond motifs is 1. The first-order chi connectivity index (χ1) is 20.8. The van der Waals surface area contributed by atoms with E-state index in [2.05, 4.69) is 15.9 Å². The van der Waals surface area contributed by atoms with Gasteiger partial charge in [-0.3, -0.25) is 4.79 Å². The molecule has 44 heavy (non-hydrogen) atoms. The molecule has 4 aromatic rings. The Morgan fingerprint density at radius 1 is 0.886 bits per heavy atom. The molecular formula is C32H30BrCl2N3O5S. The molecule has 1 aromatic heterocycles. The minimum atomic E-state index is -1.04. The lowest BCUT2D eigenvalue weighted by Gasteiger charge is -2.35. The lowest BCUT2D eigenvalue weighted by Crippen LogP contribution is -2.51. The van der Waals surface area contributed by atoms with E-state index in [1.54, 1.807) is 44.7 Å². The summed E-state index contributed by atoms with van der Waals surface area (Å²) in [5.74, 6) is -1.16. The van der Waals surface area contributed by atoms with E-state index in [1.807, 2.05) is 51.1 Å². The number of carboxylic acids is 1. The Labute approximate surface area is 278 Å². The monoisotopic (exact) mass is 717 g/mol. The van der Waals surface area contributed by atoms with Gasteiger partial charge in [-0.05, 0) is 74.9 Å². The fourth-order valence-electron chi connectivity index (χ4n) is 4.91. The quantitative estimate of drug-likeness (QED) is 0.216. The zero-order valence-electron chi connectivity index (χ0n) is 24.3. The van der Waals surface area contributed by atoms with Gasteiger partial charge in [-0.1, -0.05) is 63.0 Å². The van der Waals surface area contributed by atoms with Crippen molar-refractivity contribution in [3.05, 3.63) is 92.0 Å². The maximum atomic E-state index is 13.2. The first kappa shape index (κ1) is 32.2. The number of carboxylic acid groups (broad SMARTS) is 1. The molecule has 1 aliphatic rings. The number of rotatable bonds is 6. The summed E-state index contributed by atoms with van der Waals surface area (Å²) in [5.41, 5.74) is 1.70. The van der Waals surface area contributed by atoms with Crippen LogP contribution in [0.25, 0.3) is 10.9 Å². The maximum Gasteiger partial charge on any atom is 0.410 e. The normalized spacial score (nSPS) is 13.8. The number of amides is 2. The van der Waals surface area contributed by atoms with E-state index in [4.69, 9.17) is 27.9 Å². The molecule has 12 heteroatoms. The van der Waals surface area contributed by atoms with E-state index in [0.29, 0.717) is 48.3 Å². The van der Waals surface area contributed by atoms with Crippen molar-refractivity contribution in [3.63, 3.8) is 0 Å². The number of aromatic carboxylic acids is 1. The molecule has 0 spiro atoms. The number of halogens is 3. The van der Waals surface area contributed by atoms with Crippen LogP contribution in [0.1, 0.15) is 47.2 Å². The van der Waals surface area contributed by atoms with Crippen molar-refractivity contribution < 1.29 is 24.2 Å². The molecule has 2 heterocycles. The van der Waals surface area contributed by atoms with Crippen molar-refractivity contribution in [1.82, 2.24) is 14.4 Å². The number of hydrogen-bond acceptors (Lipinski definition) is 5. The zero-order chi connectivity index (χ0) is 31.8. The second-order valence-corrected chi connectivity index (χ2v) is 14.2. The van der Waals surface area contributed by atoms with Crippen LogP contribution in [-0.2, 0) is 11.3 Å². The van der Waals surface area contributed by atoms with Crippen LogP contribution in [0.15, 0.2) is 74.9 Å². The molecule has 0 bridgehead atoms. The molecule has 2 amide bonds. The van der Waals surface area contributed by atoms with Gasteiger partial charge in [-0.2, -0.15) is 0 Å². The highest BCUT2D eigenvalue weighted by Gasteiger charge is 2.28. The molecule has 8 nitrogen and oxygen atoms in total. The van der Waals surface area contributed by atoms with Crippen LogP contribution in [0.2, 0.25) is 10.0 Å². The van der Waals surface area contributed by atoms with Crippen LogP contribution >= 0.6 is 50.9 Å². The van der Waals surface area contributed by atoms with Gasteiger partial charge in [0.2, 0.25) is 0 Å². The molecular weight excluding hydrogens is 689 g/mol. The zero-order valence-corrected chi connectivity index (χ0v) is 28.2. The fraction of sp³-hybridized carbons (Fsp3) is 0.281. The maximum absolute atomic E-state index is 13.2. The van der Waals surface area contributed by atoms with Crippen LogP contribution in [0.5, 0.6) is 0 Å². The van der Waals surface area contributed by atoms with Crippen LogP contribution in [-0.4, -0.2) is 69.2 Å². The van der Waals surface area contributed by atoms with Gasteiger partial charge in [0.25, 0.3) is 5.91 Å². The third kappa shape index (κ3) is 7.37. The first-order valence-electron chi connectivity index (χ1n) is 13.8. The first-order valence-corrected chi connectivity index (χ1v) is 16.2. The van der Waals surface area contributed by atoms with Crippen LogP contribution in [0.4, 0.5) is 4.79 Å². The van der Waals surface area contributed by atoms with Crippen molar-refractivity contribution in [2.45, 2.75) is 42.7 Å². The molecule has 5 rings (SSSR count). The van der Waals surface area contributed by atoms with Crippen LogP contribution in [0, 0.1) is 0 Å². The molecule has 0 atom stereocenters. The van der Waals surface area contributed by atoms with Gasteiger partial charge in [-0.25, -0.2) is 9.59 Å². The minimum Gasteiger partial charge on any atom is -0.477 e. The summed E-state index contributed by atoms with van der Waals surface area (Å²) in [6.45, 7) is 7.39. The van der Waals surface area contributed by atoms with Gasteiger partial charge in [-0.15, -0.1) is 0 Å². The van der Waals surface area contributed by atoms with E-state index >= 15 is 0 Å². The highest BCUT2D eigenvalue weighted by Crippen LogP contribution is 2.38. The topological polar surface area (TPSA) is 92.1 Å². The molecule has 0 saturated carbocycles. The summed E-state index contributed by atoms with van der Waals surface area (Å²) in [5, 5.41) is 11.7. The summed E-state index contributed by atoms with van der Waals surface area (Å²) in [4.78, 5) is 42.9. The number of piperazine rings is 1. The highest BCUT2D eigenvalue weighted by atomic mass is 79.9. The Morgan fingerprint density at radius 3 is 2.16 bits per heavy atom. The van der Waals surface area contributed by atoms with Gasteiger partial charge in [0.1, 0.15) is 11.3 Å². The second kappa shape index (κ2) is 13.0. The summed E-state index contributed by atoms with van der Waals surface area (Å²) in [7, 11) is 0. The third-order valence-corrected chi connectivity index (χ3v) is 9.41. The third-order valence-electron chi connectivity index (χ3n) is 7.05. The van der Waals surface area contributed by atoms with Crippen LogP contribution < -0.4 is 0 Å². The minimum absolute atomic E-state index is 0.120. The number of hydrogen-bond donors (Lipinski definition) is 1. The number of aromatic nitrogens is 1. The van der Waals surface area contributed by atoms with Crippen molar-refractivity contribution in [3.8, 4) is 0 Å². The Bertz CT molecular complexity index is 1750. The highest BCUT2D eigenvalue weighted by molar-refractivity contribution is 9.10. The summed E-state index contributed by atoms with van der Waals surface area (Å²) in [6, 6.07) is 18.1. The van der Waals surface area contributed by atoms with E-state index < -0.39 is 11.6 Å². The Morgan fingerprint density at radius 2 is 1.55 bits per heavy atom. The van der Waals surface area contributed by atoms with E-state index in [9.17, 15) is 19.5 Å². The second-order valence-electron chi connectivity index (χ2n) is 11.4. The fourth-order valence-corrected chi connectivity index (χ4v) is 6.92.